The molecule has 0 fully saturated rings. The summed E-state index contributed by atoms with van der Waals surface area (Å²) in [5.41, 5.74) is 2.44. The Morgan fingerprint density at radius 2 is 1.66 bits per heavy atom. The number of aryl methyl sites for hydroxylation is 1. The van der Waals surface area contributed by atoms with E-state index in [1.807, 2.05) is 38.1 Å². The molecule has 0 amide bonds. The zero-order valence-electron chi connectivity index (χ0n) is 15.6. The fourth-order valence-electron chi connectivity index (χ4n) is 3.48. The highest BCUT2D eigenvalue weighted by Crippen LogP contribution is 2.37. The van der Waals surface area contributed by atoms with Crippen LogP contribution in [-0.4, -0.2) is 29.1 Å². The van der Waals surface area contributed by atoms with Crippen LogP contribution in [0.2, 0.25) is 0 Å². The number of fused-ring (bicyclic) bond motifs is 4. The second-order valence-corrected chi connectivity index (χ2v) is 7.98. The normalized spacial score (nSPS) is 13.1. The van der Waals surface area contributed by atoms with Gasteiger partial charge < -0.3 is 0 Å². The van der Waals surface area contributed by atoms with E-state index in [0.717, 1.165) is 15.5 Å². The predicted octanol–water partition coefficient (Wildman–Crippen LogP) is 5.18. The number of benzene rings is 2. The van der Waals surface area contributed by atoms with E-state index in [4.69, 9.17) is 4.98 Å². The summed E-state index contributed by atoms with van der Waals surface area (Å²) in [4.78, 5) is 13.7. The summed E-state index contributed by atoms with van der Waals surface area (Å²) >= 11 is 1.33. The quantitative estimate of drug-likeness (QED) is 0.302. The van der Waals surface area contributed by atoms with E-state index in [2.05, 4.69) is 15.1 Å². The van der Waals surface area contributed by atoms with Crippen molar-refractivity contribution >= 4 is 39.3 Å². The Labute approximate surface area is 168 Å². The molecule has 3 aromatic heterocycles. The molecule has 0 aliphatic carbocycles. The second-order valence-electron chi connectivity index (χ2n) is 6.67. The lowest BCUT2D eigenvalue weighted by atomic mass is 10.2. The summed E-state index contributed by atoms with van der Waals surface area (Å²) in [5.74, 6) is 0.920. The molecular weight excluding hydrogens is 394 g/mol. The zero-order valence-corrected chi connectivity index (χ0v) is 16.4. The van der Waals surface area contributed by atoms with Gasteiger partial charge in [0.1, 0.15) is 11.6 Å². The summed E-state index contributed by atoms with van der Waals surface area (Å²) in [6.07, 6.45) is 0. The molecule has 0 unspecified atom stereocenters. The van der Waals surface area contributed by atoms with Crippen molar-refractivity contribution < 1.29 is 8.78 Å². The van der Waals surface area contributed by atoms with Crippen molar-refractivity contribution in [3.63, 3.8) is 0 Å². The fourth-order valence-corrected chi connectivity index (χ4v) is 4.44. The lowest BCUT2D eigenvalue weighted by Crippen LogP contribution is -2.07. The van der Waals surface area contributed by atoms with Gasteiger partial charge in [-0.25, -0.2) is 15.0 Å². The maximum Gasteiger partial charge on any atom is 0.320 e. The zero-order chi connectivity index (χ0) is 20.1. The Morgan fingerprint density at radius 3 is 2.45 bits per heavy atom. The summed E-state index contributed by atoms with van der Waals surface area (Å²) < 4.78 is 30.3. The van der Waals surface area contributed by atoms with Gasteiger partial charge in [-0.15, -0.1) is 5.10 Å². The van der Waals surface area contributed by atoms with Crippen molar-refractivity contribution in [3.05, 3.63) is 60.2 Å². The van der Waals surface area contributed by atoms with Crippen LogP contribution in [0.1, 0.15) is 30.4 Å². The maximum atomic E-state index is 13.8. The lowest BCUT2D eigenvalue weighted by molar-refractivity contribution is 0.0715. The molecule has 0 saturated carbocycles. The number of nitrogens with zero attached hydrogens (tertiary/aromatic N) is 6. The molecule has 2 aromatic carbocycles. The van der Waals surface area contributed by atoms with Crippen molar-refractivity contribution in [1.29, 1.82) is 0 Å². The first kappa shape index (κ1) is 18.0. The molecular formula is C20H16F2N6S. The highest BCUT2D eigenvalue weighted by Gasteiger charge is 2.24. The minimum Gasteiger partial charge on any atom is -0.269 e. The van der Waals surface area contributed by atoms with Crippen molar-refractivity contribution in [2.24, 2.45) is 0 Å². The van der Waals surface area contributed by atoms with Crippen LogP contribution in [0.3, 0.4) is 0 Å². The molecule has 3 heterocycles. The van der Waals surface area contributed by atoms with Crippen molar-refractivity contribution in [3.8, 4) is 0 Å². The van der Waals surface area contributed by atoms with Crippen LogP contribution in [0.25, 0.3) is 27.6 Å². The van der Waals surface area contributed by atoms with Crippen molar-refractivity contribution in [2.45, 2.75) is 30.8 Å². The highest BCUT2D eigenvalue weighted by molar-refractivity contribution is 7.99. The Hall–Kier alpha value is -3.07. The average Bonchev–Trinajstić information content (AvgIpc) is 3.29. The molecule has 5 rings (SSSR count). The molecule has 0 N–H and O–H groups in total. The van der Waals surface area contributed by atoms with Crippen molar-refractivity contribution in [1.82, 2.24) is 29.1 Å². The Bertz CT molecular complexity index is 1360. The molecule has 0 radical (unpaired) electrons. The molecule has 0 saturated heterocycles. The summed E-state index contributed by atoms with van der Waals surface area (Å²) in [6, 6.07) is 14.6. The van der Waals surface area contributed by atoms with Crippen molar-refractivity contribution in [2.75, 3.05) is 0 Å². The van der Waals surface area contributed by atoms with E-state index in [-0.39, 0.29) is 5.25 Å². The third-order valence-electron chi connectivity index (χ3n) is 4.72. The summed E-state index contributed by atoms with van der Waals surface area (Å²) in [6.45, 7) is 0.978. The molecule has 0 bridgehead atoms. The molecule has 1 atom stereocenters. The van der Waals surface area contributed by atoms with Crippen LogP contribution >= 0.6 is 11.8 Å². The minimum absolute atomic E-state index is 0.297. The number of imidazole rings is 1. The van der Waals surface area contributed by atoms with E-state index in [9.17, 15) is 8.78 Å². The van der Waals surface area contributed by atoms with E-state index in [1.54, 1.807) is 28.8 Å². The summed E-state index contributed by atoms with van der Waals surface area (Å²) in [5, 5.41) is 5.56. The molecule has 0 aliphatic rings. The first-order chi connectivity index (χ1) is 14.0. The van der Waals surface area contributed by atoms with E-state index in [0.29, 0.717) is 33.5 Å². The number of hydrogen-bond acceptors (Lipinski definition) is 5. The Kier molecular flexibility index (Phi) is 4.20. The highest BCUT2D eigenvalue weighted by atomic mass is 32.2. The molecule has 9 heteroatoms. The SMILES string of the molecule is Cc1nc2c3ccccc3nc(S[C@@H](C)c3nc4ccccc4n3C(F)F)n2n1. The molecule has 146 valence electrons. The summed E-state index contributed by atoms with van der Waals surface area (Å²) in [7, 11) is 0. The number of halogens is 2. The third-order valence-corrected chi connectivity index (χ3v) is 5.76. The van der Waals surface area contributed by atoms with Crippen LogP contribution in [0.15, 0.2) is 53.7 Å². The molecule has 0 spiro atoms. The van der Waals surface area contributed by atoms with E-state index < -0.39 is 6.55 Å². The molecule has 29 heavy (non-hydrogen) atoms. The average molecular weight is 410 g/mol. The lowest BCUT2D eigenvalue weighted by Gasteiger charge is -2.14. The standard InChI is InChI=1S/C20H16F2N6S/c1-11(17-24-15-9-5-6-10-16(15)27(17)19(21)22)29-20-25-14-8-4-3-7-13(14)18-23-12(2)26-28(18)20/h3-11,19H,1-2H3/t11-/m0/s1. The van der Waals surface area contributed by atoms with Crippen LogP contribution in [0.4, 0.5) is 8.78 Å². The van der Waals surface area contributed by atoms with Gasteiger partial charge in [0, 0.05) is 5.39 Å². The van der Waals surface area contributed by atoms with Gasteiger partial charge in [-0.2, -0.15) is 13.3 Å². The van der Waals surface area contributed by atoms with Gasteiger partial charge in [-0.1, -0.05) is 36.0 Å². The predicted molar refractivity (Wildman–Crippen MR) is 108 cm³/mol. The first-order valence-electron chi connectivity index (χ1n) is 9.06. The third kappa shape index (κ3) is 2.93. The monoisotopic (exact) mass is 410 g/mol. The number of alkyl halides is 2. The number of aromatic nitrogens is 6. The molecule has 5 aromatic rings. The van der Waals surface area contributed by atoms with Gasteiger partial charge in [0.15, 0.2) is 10.8 Å². The Morgan fingerprint density at radius 1 is 0.931 bits per heavy atom. The van der Waals surface area contributed by atoms with Gasteiger partial charge in [-0.05, 0) is 38.1 Å². The van der Waals surface area contributed by atoms with E-state index >= 15 is 0 Å². The van der Waals surface area contributed by atoms with Crippen LogP contribution in [-0.2, 0) is 0 Å². The van der Waals surface area contributed by atoms with Gasteiger partial charge >= 0.3 is 6.55 Å². The number of rotatable bonds is 4. The van der Waals surface area contributed by atoms with Crippen LogP contribution in [0, 0.1) is 6.92 Å². The van der Waals surface area contributed by atoms with Crippen LogP contribution in [0.5, 0.6) is 0 Å². The smallest absolute Gasteiger partial charge is 0.269 e. The molecule has 6 nitrogen and oxygen atoms in total. The van der Waals surface area contributed by atoms with Crippen LogP contribution < -0.4 is 0 Å². The second kappa shape index (κ2) is 6.77. The minimum atomic E-state index is -2.68. The van der Waals surface area contributed by atoms with Gasteiger partial charge in [0.2, 0.25) is 0 Å². The number of thioether (sulfide) groups is 1. The maximum absolute atomic E-state index is 13.8. The first-order valence-corrected chi connectivity index (χ1v) is 9.94. The van der Waals surface area contributed by atoms with E-state index in [1.165, 1.54) is 11.8 Å². The largest absolute Gasteiger partial charge is 0.320 e. The van der Waals surface area contributed by atoms with Gasteiger partial charge in [0.05, 0.1) is 21.8 Å². The van der Waals surface area contributed by atoms with Gasteiger partial charge in [-0.3, -0.25) is 4.57 Å². The number of hydrogen-bond donors (Lipinski definition) is 0. The molecule has 0 aliphatic heterocycles. The van der Waals surface area contributed by atoms with Gasteiger partial charge in [0.25, 0.3) is 0 Å². The topological polar surface area (TPSA) is 60.9 Å². The number of para-hydroxylation sites is 3. The Balaban J connectivity index is 1.64. The fraction of sp³-hybridized carbons (Fsp3) is 0.200.